The van der Waals surface area contributed by atoms with Gasteiger partial charge < -0.3 is 9.26 Å². The molecule has 1 aliphatic carbocycles. The fraction of sp³-hybridized carbons (Fsp3) is 0.733. The standard InChI is InChI=1S/C15H21N5O3/c1-3-19-13(12-9(2)6-7-22-12)17-20(15(19)21)8-11-16-14(23-18-11)10-4-5-10/h9-10,12H,3-8H2,1-2H3/t9-,12+/m1/s1. The van der Waals surface area contributed by atoms with E-state index in [1.165, 1.54) is 4.68 Å². The van der Waals surface area contributed by atoms with Crippen molar-refractivity contribution in [2.24, 2.45) is 5.92 Å². The Morgan fingerprint density at radius 2 is 2.13 bits per heavy atom. The quantitative estimate of drug-likeness (QED) is 0.829. The third kappa shape index (κ3) is 2.60. The maximum atomic E-state index is 12.6. The lowest BCUT2D eigenvalue weighted by Crippen LogP contribution is -2.26. The average Bonchev–Trinajstić information content (AvgIpc) is 3.00. The van der Waals surface area contributed by atoms with E-state index in [9.17, 15) is 4.79 Å². The van der Waals surface area contributed by atoms with Crippen LogP contribution in [0.2, 0.25) is 0 Å². The minimum atomic E-state index is -0.150. The smallest absolute Gasteiger partial charge is 0.346 e. The maximum Gasteiger partial charge on any atom is 0.346 e. The van der Waals surface area contributed by atoms with E-state index in [4.69, 9.17) is 9.26 Å². The van der Waals surface area contributed by atoms with E-state index in [1.54, 1.807) is 4.57 Å². The van der Waals surface area contributed by atoms with Gasteiger partial charge in [-0.3, -0.25) is 4.57 Å². The first-order valence-corrected chi connectivity index (χ1v) is 8.29. The molecule has 124 valence electrons. The van der Waals surface area contributed by atoms with Crippen molar-refractivity contribution in [3.05, 3.63) is 28.0 Å². The van der Waals surface area contributed by atoms with Crippen molar-refractivity contribution in [3.63, 3.8) is 0 Å². The highest BCUT2D eigenvalue weighted by molar-refractivity contribution is 5.03. The lowest BCUT2D eigenvalue weighted by atomic mass is 10.0. The monoisotopic (exact) mass is 319 g/mol. The van der Waals surface area contributed by atoms with Gasteiger partial charge in [-0.05, 0) is 32.1 Å². The van der Waals surface area contributed by atoms with E-state index < -0.39 is 0 Å². The van der Waals surface area contributed by atoms with Gasteiger partial charge in [0.25, 0.3) is 0 Å². The molecule has 0 amide bonds. The van der Waals surface area contributed by atoms with Gasteiger partial charge in [-0.25, -0.2) is 9.48 Å². The predicted octanol–water partition coefficient (Wildman–Crippen LogP) is 1.47. The molecule has 2 aliphatic rings. The van der Waals surface area contributed by atoms with Crippen LogP contribution in [-0.2, 0) is 17.8 Å². The number of nitrogens with zero attached hydrogens (tertiary/aromatic N) is 5. The largest absolute Gasteiger partial charge is 0.370 e. The van der Waals surface area contributed by atoms with Crippen molar-refractivity contribution in [3.8, 4) is 0 Å². The van der Waals surface area contributed by atoms with Crippen molar-refractivity contribution in [1.82, 2.24) is 24.5 Å². The van der Waals surface area contributed by atoms with Gasteiger partial charge in [0.2, 0.25) is 5.89 Å². The Morgan fingerprint density at radius 1 is 1.30 bits per heavy atom. The normalized spacial score (nSPS) is 24.4. The topological polar surface area (TPSA) is 88.0 Å². The van der Waals surface area contributed by atoms with E-state index in [-0.39, 0.29) is 18.3 Å². The Bertz CT molecular complexity index is 757. The molecule has 8 heteroatoms. The molecule has 0 N–H and O–H groups in total. The number of aromatic nitrogens is 5. The van der Waals surface area contributed by atoms with Crippen LogP contribution in [0.15, 0.2) is 9.32 Å². The van der Waals surface area contributed by atoms with Gasteiger partial charge in [0.05, 0.1) is 0 Å². The molecule has 0 radical (unpaired) electrons. The summed E-state index contributed by atoms with van der Waals surface area (Å²) in [5.41, 5.74) is -0.150. The average molecular weight is 319 g/mol. The van der Waals surface area contributed by atoms with Gasteiger partial charge in [-0.1, -0.05) is 12.1 Å². The van der Waals surface area contributed by atoms with Crippen LogP contribution in [-0.4, -0.2) is 31.1 Å². The van der Waals surface area contributed by atoms with Crippen LogP contribution in [0.1, 0.15) is 62.7 Å². The van der Waals surface area contributed by atoms with Gasteiger partial charge >= 0.3 is 5.69 Å². The zero-order valence-corrected chi connectivity index (χ0v) is 13.4. The molecular formula is C15H21N5O3. The first kappa shape index (κ1) is 14.6. The zero-order valence-electron chi connectivity index (χ0n) is 13.4. The van der Waals surface area contributed by atoms with E-state index in [0.717, 1.165) is 19.3 Å². The van der Waals surface area contributed by atoms with Crippen LogP contribution in [0.3, 0.4) is 0 Å². The summed E-state index contributed by atoms with van der Waals surface area (Å²) < 4.78 is 14.1. The molecule has 3 heterocycles. The van der Waals surface area contributed by atoms with Crippen molar-refractivity contribution >= 4 is 0 Å². The highest BCUT2D eigenvalue weighted by atomic mass is 16.5. The van der Waals surface area contributed by atoms with Gasteiger partial charge in [0.1, 0.15) is 12.6 Å². The summed E-state index contributed by atoms with van der Waals surface area (Å²) in [5.74, 6) is 2.65. The summed E-state index contributed by atoms with van der Waals surface area (Å²) >= 11 is 0. The molecule has 2 atom stereocenters. The van der Waals surface area contributed by atoms with Crippen molar-refractivity contribution < 1.29 is 9.26 Å². The minimum Gasteiger partial charge on any atom is -0.370 e. The molecule has 0 unspecified atom stereocenters. The lowest BCUT2D eigenvalue weighted by Gasteiger charge is -2.13. The Balaban J connectivity index is 1.62. The third-order valence-electron chi connectivity index (χ3n) is 4.61. The molecule has 0 bridgehead atoms. The molecule has 23 heavy (non-hydrogen) atoms. The molecule has 2 aromatic heterocycles. The fourth-order valence-corrected chi connectivity index (χ4v) is 3.06. The van der Waals surface area contributed by atoms with Crippen molar-refractivity contribution in [2.45, 2.75) is 58.2 Å². The summed E-state index contributed by atoms with van der Waals surface area (Å²) in [6.45, 7) is 5.58. The van der Waals surface area contributed by atoms with E-state index >= 15 is 0 Å². The number of hydrogen-bond donors (Lipinski definition) is 0. The second kappa shape index (κ2) is 5.59. The molecule has 1 saturated heterocycles. The summed E-state index contributed by atoms with van der Waals surface area (Å²) in [6.07, 6.45) is 3.08. The molecule has 2 fully saturated rings. The van der Waals surface area contributed by atoms with Gasteiger partial charge in [-0.2, -0.15) is 10.1 Å². The van der Waals surface area contributed by atoms with Crippen LogP contribution in [0.4, 0.5) is 0 Å². The molecule has 1 saturated carbocycles. The highest BCUT2D eigenvalue weighted by Gasteiger charge is 2.32. The second-order valence-electron chi connectivity index (χ2n) is 6.42. The number of rotatable bonds is 5. The van der Waals surface area contributed by atoms with E-state index in [1.807, 2.05) is 6.92 Å². The van der Waals surface area contributed by atoms with Crippen LogP contribution < -0.4 is 5.69 Å². The molecule has 1 aliphatic heterocycles. The molecule has 4 rings (SSSR count). The predicted molar refractivity (Wildman–Crippen MR) is 80.0 cm³/mol. The Labute approximate surface area is 133 Å². The fourth-order valence-electron chi connectivity index (χ4n) is 3.06. The lowest BCUT2D eigenvalue weighted by molar-refractivity contribution is 0.0836. The first-order chi connectivity index (χ1) is 11.2. The van der Waals surface area contributed by atoms with Crippen molar-refractivity contribution in [1.29, 1.82) is 0 Å². The van der Waals surface area contributed by atoms with Gasteiger partial charge in [0.15, 0.2) is 11.6 Å². The van der Waals surface area contributed by atoms with Crippen LogP contribution >= 0.6 is 0 Å². The van der Waals surface area contributed by atoms with Crippen molar-refractivity contribution in [2.75, 3.05) is 6.61 Å². The molecule has 2 aromatic rings. The highest BCUT2D eigenvalue weighted by Crippen LogP contribution is 2.38. The summed E-state index contributed by atoms with van der Waals surface area (Å²) in [4.78, 5) is 16.9. The SMILES string of the molecule is CCn1c([C@H]2OCC[C@H]2C)nn(Cc2noc(C3CC3)n2)c1=O. The summed E-state index contributed by atoms with van der Waals surface area (Å²) in [5, 5.41) is 8.46. The molecule has 8 nitrogen and oxygen atoms in total. The third-order valence-corrected chi connectivity index (χ3v) is 4.61. The summed E-state index contributed by atoms with van der Waals surface area (Å²) in [6, 6.07) is 0. The number of hydrogen-bond acceptors (Lipinski definition) is 6. The molecular weight excluding hydrogens is 298 g/mol. The van der Waals surface area contributed by atoms with Crippen LogP contribution in [0.5, 0.6) is 0 Å². The Kier molecular flexibility index (Phi) is 3.56. The second-order valence-corrected chi connectivity index (χ2v) is 6.42. The van der Waals surface area contributed by atoms with Gasteiger partial charge in [0, 0.05) is 19.1 Å². The number of ether oxygens (including phenoxy) is 1. The van der Waals surface area contributed by atoms with E-state index in [0.29, 0.717) is 42.5 Å². The summed E-state index contributed by atoms with van der Waals surface area (Å²) in [7, 11) is 0. The van der Waals surface area contributed by atoms with E-state index in [2.05, 4.69) is 22.2 Å². The van der Waals surface area contributed by atoms with Crippen LogP contribution in [0.25, 0.3) is 0 Å². The Hall–Kier alpha value is -1.96. The van der Waals surface area contributed by atoms with Gasteiger partial charge in [-0.15, -0.1) is 0 Å². The maximum absolute atomic E-state index is 12.6. The first-order valence-electron chi connectivity index (χ1n) is 8.29. The zero-order chi connectivity index (χ0) is 16.0. The Morgan fingerprint density at radius 3 is 2.78 bits per heavy atom. The molecule has 0 spiro atoms. The molecule has 0 aromatic carbocycles. The minimum absolute atomic E-state index is 0.115. The van der Waals surface area contributed by atoms with Crippen LogP contribution in [0, 0.1) is 5.92 Å².